The molecular weight excluding hydrogens is 318 g/mol. The van der Waals surface area contributed by atoms with E-state index < -0.39 is 0 Å². The van der Waals surface area contributed by atoms with E-state index in [-0.39, 0.29) is 30.9 Å². The number of nitrogens with zero attached hydrogens (tertiary/aromatic N) is 1. The van der Waals surface area contributed by atoms with Crippen LogP contribution >= 0.6 is 0 Å². The predicted octanol–water partition coefficient (Wildman–Crippen LogP) is 2.87. The number of fused-ring (bicyclic) bond motifs is 1. The zero-order chi connectivity index (χ0) is 17.8. The van der Waals surface area contributed by atoms with Gasteiger partial charge < -0.3 is 14.3 Å². The summed E-state index contributed by atoms with van der Waals surface area (Å²) >= 11 is 0. The summed E-state index contributed by atoms with van der Waals surface area (Å²) < 4.78 is 24.8. The summed E-state index contributed by atoms with van der Waals surface area (Å²) in [5.74, 6) is 0.222. The van der Waals surface area contributed by atoms with Crippen LogP contribution in [0, 0.1) is 5.92 Å². The Labute approximate surface area is 148 Å². The molecule has 0 bridgehead atoms. The lowest BCUT2D eigenvalue weighted by Gasteiger charge is -2.37. The second-order valence-corrected chi connectivity index (χ2v) is 8.44. The molecule has 0 atom stereocenters. The normalized spacial score (nSPS) is 23.3. The highest BCUT2D eigenvalue weighted by atomic mass is 19.1. The van der Waals surface area contributed by atoms with Crippen molar-refractivity contribution in [3.05, 3.63) is 30.0 Å². The maximum atomic E-state index is 12.6. The maximum absolute atomic E-state index is 12.6. The number of benzene rings is 1. The summed E-state index contributed by atoms with van der Waals surface area (Å²) in [5, 5.41) is 1.18. The molecular formula is C19H26BFN2O2. The van der Waals surface area contributed by atoms with E-state index in [9.17, 15) is 4.39 Å². The molecule has 0 amide bonds. The minimum atomic E-state index is -0.346. The number of halogens is 1. The highest BCUT2D eigenvalue weighted by Crippen LogP contribution is 2.36. The van der Waals surface area contributed by atoms with Gasteiger partial charge in [0.1, 0.15) is 0 Å². The van der Waals surface area contributed by atoms with Gasteiger partial charge in [0, 0.05) is 36.8 Å². The Bertz CT molecular complexity index is 767. The number of likely N-dealkylation sites (tertiary alicyclic amines) is 1. The molecule has 6 heteroatoms. The summed E-state index contributed by atoms with van der Waals surface area (Å²) in [7, 11) is -0.346. The Hall–Kier alpha value is -1.37. The molecule has 0 unspecified atom stereocenters. The van der Waals surface area contributed by atoms with Crippen molar-refractivity contribution >= 4 is 23.5 Å². The second kappa shape index (κ2) is 5.83. The highest BCUT2D eigenvalue weighted by molar-refractivity contribution is 6.62. The van der Waals surface area contributed by atoms with E-state index >= 15 is 0 Å². The van der Waals surface area contributed by atoms with E-state index in [1.807, 2.05) is 0 Å². The number of hydrogen-bond acceptors (Lipinski definition) is 3. The molecule has 3 heterocycles. The average Bonchev–Trinajstić information content (AvgIpc) is 2.99. The molecule has 0 spiro atoms. The fraction of sp³-hybridized carbons (Fsp3) is 0.579. The minimum absolute atomic E-state index is 0.208. The summed E-state index contributed by atoms with van der Waals surface area (Å²) in [6, 6.07) is 8.47. The van der Waals surface area contributed by atoms with Crippen molar-refractivity contribution in [2.24, 2.45) is 5.92 Å². The van der Waals surface area contributed by atoms with Gasteiger partial charge in [-0.2, -0.15) is 0 Å². The van der Waals surface area contributed by atoms with E-state index in [0.717, 1.165) is 30.6 Å². The number of nitrogens with one attached hydrogen (secondary N) is 1. The van der Waals surface area contributed by atoms with Gasteiger partial charge in [-0.15, -0.1) is 0 Å². The lowest BCUT2D eigenvalue weighted by atomic mass is 9.79. The van der Waals surface area contributed by atoms with Gasteiger partial charge >= 0.3 is 7.12 Å². The number of hydrogen-bond donors (Lipinski definition) is 1. The molecule has 2 saturated heterocycles. The molecule has 0 saturated carbocycles. The summed E-state index contributed by atoms with van der Waals surface area (Å²) in [6.07, 6.45) is 0. The van der Waals surface area contributed by atoms with Gasteiger partial charge in [0.25, 0.3) is 0 Å². The third-order valence-electron chi connectivity index (χ3n) is 5.87. The Kier molecular flexibility index (Phi) is 3.98. The third-order valence-corrected chi connectivity index (χ3v) is 5.87. The van der Waals surface area contributed by atoms with Gasteiger partial charge in [-0.1, -0.05) is 12.1 Å². The molecule has 134 valence electrons. The molecule has 2 aromatic rings. The van der Waals surface area contributed by atoms with Crippen LogP contribution < -0.4 is 5.46 Å². The standard InChI is InChI=1S/C19H26BFN2O2/c1-18(2)19(3,4)25-20(24-18)15-6-5-14-7-16(22-17(14)8-15)12-23-10-13(9-21)11-23/h5-8,13,22H,9-12H2,1-4H3. The molecule has 1 aromatic carbocycles. The van der Waals surface area contributed by atoms with Gasteiger partial charge in [-0.05, 0) is 50.7 Å². The first-order valence-electron chi connectivity index (χ1n) is 9.03. The monoisotopic (exact) mass is 344 g/mol. The highest BCUT2D eigenvalue weighted by Gasteiger charge is 2.51. The Morgan fingerprint density at radius 3 is 2.48 bits per heavy atom. The first kappa shape index (κ1) is 17.1. The van der Waals surface area contributed by atoms with Crippen molar-refractivity contribution in [1.82, 2.24) is 9.88 Å². The first-order valence-corrected chi connectivity index (χ1v) is 9.03. The van der Waals surface area contributed by atoms with Crippen LogP contribution in [-0.2, 0) is 15.9 Å². The predicted molar refractivity (Wildman–Crippen MR) is 98.8 cm³/mol. The molecule has 0 radical (unpaired) electrons. The van der Waals surface area contributed by atoms with E-state index in [0.29, 0.717) is 0 Å². The van der Waals surface area contributed by atoms with E-state index in [1.54, 1.807) is 0 Å². The van der Waals surface area contributed by atoms with Crippen molar-refractivity contribution in [2.75, 3.05) is 19.8 Å². The summed E-state index contributed by atoms with van der Waals surface area (Å²) in [5.41, 5.74) is 2.61. The zero-order valence-corrected chi connectivity index (χ0v) is 15.4. The van der Waals surface area contributed by atoms with Crippen LogP contribution in [0.2, 0.25) is 0 Å². The average molecular weight is 344 g/mol. The Balaban J connectivity index is 1.51. The topological polar surface area (TPSA) is 37.5 Å². The molecule has 4 rings (SSSR count). The van der Waals surface area contributed by atoms with Crippen LogP contribution in [0.3, 0.4) is 0 Å². The fourth-order valence-corrected chi connectivity index (χ4v) is 3.56. The molecule has 25 heavy (non-hydrogen) atoms. The van der Waals surface area contributed by atoms with Crippen LogP contribution in [0.5, 0.6) is 0 Å². The molecule has 2 aliphatic heterocycles. The largest absolute Gasteiger partial charge is 0.494 e. The van der Waals surface area contributed by atoms with Crippen LogP contribution in [0.4, 0.5) is 4.39 Å². The van der Waals surface area contributed by atoms with Gasteiger partial charge in [0.15, 0.2) is 0 Å². The number of aromatic nitrogens is 1. The van der Waals surface area contributed by atoms with E-state index in [2.05, 4.69) is 61.8 Å². The quantitative estimate of drug-likeness (QED) is 0.867. The van der Waals surface area contributed by atoms with Crippen LogP contribution in [0.1, 0.15) is 33.4 Å². The molecule has 1 N–H and O–H groups in total. The SMILES string of the molecule is CC1(C)OB(c2ccc3cc(CN4CC(CF)C4)[nH]c3c2)OC1(C)C. The fourth-order valence-electron chi connectivity index (χ4n) is 3.56. The van der Waals surface area contributed by atoms with Gasteiger partial charge in [0.05, 0.1) is 17.9 Å². The van der Waals surface area contributed by atoms with E-state index in [1.165, 1.54) is 11.1 Å². The molecule has 2 aliphatic rings. The van der Waals surface area contributed by atoms with Crippen molar-refractivity contribution < 1.29 is 13.7 Å². The number of rotatable bonds is 4. The van der Waals surface area contributed by atoms with Crippen molar-refractivity contribution in [3.63, 3.8) is 0 Å². The third kappa shape index (κ3) is 3.00. The lowest BCUT2D eigenvalue weighted by Crippen LogP contribution is -2.46. The second-order valence-electron chi connectivity index (χ2n) is 8.44. The number of alkyl halides is 1. The minimum Gasteiger partial charge on any atom is -0.399 e. The summed E-state index contributed by atoms with van der Waals surface area (Å²) in [4.78, 5) is 5.75. The molecule has 0 aliphatic carbocycles. The van der Waals surface area contributed by atoms with Crippen molar-refractivity contribution in [2.45, 2.75) is 45.4 Å². The first-order chi connectivity index (χ1) is 11.8. The summed E-state index contributed by atoms with van der Waals surface area (Å²) in [6.45, 7) is 10.6. The van der Waals surface area contributed by atoms with Crippen LogP contribution in [0.15, 0.2) is 24.3 Å². The Morgan fingerprint density at radius 1 is 1.16 bits per heavy atom. The zero-order valence-electron chi connectivity index (χ0n) is 15.4. The Morgan fingerprint density at radius 2 is 1.84 bits per heavy atom. The molecule has 4 nitrogen and oxygen atoms in total. The molecule has 1 aromatic heterocycles. The van der Waals surface area contributed by atoms with Crippen molar-refractivity contribution in [3.8, 4) is 0 Å². The van der Waals surface area contributed by atoms with Crippen LogP contribution in [-0.4, -0.2) is 48.0 Å². The lowest BCUT2D eigenvalue weighted by molar-refractivity contribution is 0.00578. The number of H-pyrrole nitrogens is 1. The smallest absolute Gasteiger partial charge is 0.399 e. The molecule has 2 fully saturated rings. The van der Waals surface area contributed by atoms with Crippen molar-refractivity contribution in [1.29, 1.82) is 0 Å². The van der Waals surface area contributed by atoms with Gasteiger partial charge in [-0.25, -0.2) is 0 Å². The van der Waals surface area contributed by atoms with Crippen LogP contribution in [0.25, 0.3) is 10.9 Å². The van der Waals surface area contributed by atoms with Gasteiger partial charge in [0.2, 0.25) is 0 Å². The van der Waals surface area contributed by atoms with Gasteiger partial charge in [-0.3, -0.25) is 9.29 Å². The number of aromatic amines is 1. The maximum Gasteiger partial charge on any atom is 0.494 e. The van der Waals surface area contributed by atoms with E-state index in [4.69, 9.17) is 9.31 Å².